The van der Waals surface area contributed by atoms with Crippen molar-refractivity contribution >= 4 is 11.8 Å². The van der Waals surface area contributed by atoms with Crippen molar-refractivity contribution in [1.29, 1.82) is 0 Å². The molecular formula is C14H23N3OS. The molecule has 2 rings (SSSR count). The lowest BCUT2D eigenvalue weighted by atomic mass is 9.93. The van der Waals surface area contributed by atoms with Crippen molar-refractivity contribution in [2.45, 2.75) is 43.9 Å². The molecule has 1 fully saturated rings. The molecule has 1 aliphatic rings. The Morgan fingerprint density at radius 2 is 2.26 bits per heavy atom. The van der Waals surface area contributed by atoms with Gasteiger partial charge < -0.3 is 10.1 Å². The molecule has 106 valence electrons. The first-order valence-corrected chi connectivity index (χ1v) is 7.92. The van der Waals surface area contributed by atoms with Gasteiger partial charge in [0.05, 0.1) is 13.2 Å². The molecule has 1 aliphatic heterocycles. The molecule has 19 heavy (non-hydrogen) atoms. The predicted molar refractivity (Wildman–Crippen MR) is 79.7 cm³/mol. The highest BCUT2D eigenvalue weighted by Gasteiger charge is 2.40. The van der Waals surface area contributed by atoms with Gasteiger partial charge in [0.2, 0.25) is 5.88 Å². The van der Waals surface area contributed by atoms with Gasteiger partial charge in [0, 0.05) is 17.1 Å². The van der Waals surface area contributed by atoms with E-state index < -0.39 is 0 Å². The molecule has 1 saturated heterocycles. The van der Waals surface area contributed by atoms with E-state index in [0.717, 1.165) is 18.7 Å². The highest BCUT2D eigenvalue weighted by Crippen LogP contribution is 2.47. The van der Waals surface area contributed by atoms with Crippen LogP contribution < -0.4 is 10.1 Å². The molecule has 0 aliphatic carbocycles. The molecule has 5 heteroatoms. The van der Waals surface area contributed by atoms with Crippen LogP contribution in [0, 0.1) is 0 Å². The van der Waals surface area contributed by atoms with Gasteiger partial charge in [-0.15, -0.1) is 0 Å². The van der Waals surface area contributed by atoms with Crippen LogP contribution in [0.25, 0.3) is 0 Å². The normalized spacial score (nSPS) is 24.4. The smallest absolute Gasteiger partial charge is 0.237 e. The molecule has 1 aromatic heterocycles. The summed E-state index contributed by atoms with van der Waals surface area (Å²) in [6, 6.07) is 0.198. The Bertz CT molecular complexity index is 407. The van der Waals surface area contributed by atoms with Crippen molar-refractivity contribution in [1.82, 2.24) is 15.3 Å². The fourth-order valence-electron chi connectivity index (χ4n) is 2.61. The van der Waals surface area contributed by atoms with E-state index in [-0.39, 0.29) is 10.8 Å². The van der Waals surface area contributed by atoms with Crippen molar-refractivity contribution in [2.75, 3.05) is 19.4 Å². The van der Waals surface area contributed by atoms with Crippen LogP contribution in [0.1, 0.15) is 44.8 Å². The van der Waals surface area contributed by atoms with Crippen molar-refractivity contribution in [3.05, 3.63) is 18.1 Å². The maximum Gasteiger partial charge on any atom is 0.237 e. The summed E-state index contributed by atoms with van der Waals surface area (Å²) in [4.78, 5) is 8.82. The highest BCUT2D eigenvalue weighted by molar-refractivity contribution is 8.00. The van der Waals surface area contributed by atoms with E-state index >= 15 is 0 Å². The second-order valence-electron chi connectivity index (χ2n) is 5.10. The minimum atomic E-state index is 0.179. The minimum absolute atomic E-state index is 0.179. The molecule has 1 N–H and O–H groups in total. The van der Waals surface area contributed by atoms with Gasteiger partial charge in [-0.2, -0.15) is 11.8 Å². The Labute approximate surface area is 119 Å². The third-order valence-electron chi connectivity index (χ3n) is 3.62. The number of nitrogens with zero attached hydrogens (tertiary/aromatic N) is 2. The van der Waals surface area contributed by atoms with E-state index in [0.29, 0.717) is 5.88 Å². The SMILES string of the molecule is CCCNC(c1nccnc1OC)C1(C)CCCS1. The first kappa shape index (κ1) is 14.6. The Morgan fingerprint density at radius 3 is 2.89 bits per heavy atom. The maximum absolute atomic E-state index is 5.39. The Hall–Kier alpha value is -0.810. The zero-order valence-corrected chi connectivity index (χ0v) is 12.8. The summed E-state index contributed by atoms with van der Waals surface area (Å²) in [6.07, 6.45) is 7.03. The Balaban J connectivity index is 2.31. The summed E-state index contributed by atoms with van der Waals surface area (Å²) in [5.41, 5.74) is 0.940. The number of aromatic nitrogens is 2. The van der Waals surface area contributed by atoms with E-state index in [9.17, 15) is 0 Å². The zero-order valence-electron chi connectivity index (χ0n) is 12.0. The molecule has 0 radical (unpaired) electrons. The molecule has 2 unspecified atom stereocenters. The van der Waals surface area contributed by atoms with Crippen LogP contribution in [-0.4, -0.2) is 34.1 Å². The van der Waals surface area contributed by atoms with Crippen LogP contribution in [0.5, 0.6) is 5.88 Å². The number of hydrogen-bond acceptors (Lipinski definition) is 5. The molecule has 4 nitrogen and oxygen atoms in total. The molecular weight excluding hydrogens is 258 g/mol. The number of thioether (sulfide) groups is 1. The van der Waals surface area contributed by atoms with Crippen LogP contribution in [0.4, 0.5) is 0 Å². The van der Waals surface area contributed by atoms with Crippen LogP contribution in [0.3, 0.4) is 0 Å². The largest absolute Gasteiger partial charge is 0.480 e. The van der Waals surface area contributed by atoms with Crippen LogP contribution in [0.2, 0.25) is 0 Å². The fraction of sp³-hybridized carbons (Fsp3) is 0.714. The van der Waals surface area contributed by atoms with E-state index in [1.165, 1.54) is 18.6 Å². The van der Waals surface area contributed by atoms with Gasteiger partial charge in [-0.05, 0) is 38.5 Å². The number of methoxy groups -OCH3 is 1. The molecule has 1 aromatic rings. The lowest BCUT2D eigenvalue weighted by Gasteiger charge is -2.34. The monoisotopic (exact) mass is 281 g/mol. The molecule has 2 heterocycles. The quantitative estimate of drug-likeness (QED) is 0.869. The molecule has 0 bridgehead atoms. The predicted octanol–water partition coefficient (Wildman–Crippen LogP) is 2.81. The average molecular weight is 281 g/mol. The van der Waals surface area contributed by atoms with Gasteiger partial charge in [-0.3, -0.25) is 4.98 Å². The number of ether oxygens (including phenoxy) is 1. The summed E-state index contributed by atoms with van der Waals surface area (Å²) in [6.45, 7) is 5.49. The average Bonchev–Trinajstić information content (AvgIpc) is 2.87. The highest BCUT2D eigenvalue weighted by atomic mass is 32.2. The summed E-state index contributed by atoms with van der Waals surface area (Å²) >= 11 is 2.03. The lowest BCUT2D eigenvalue weighted by molar-refractivity contribution is 0.353. The summed E-state index contributed by atoms with van der Waals surface area (Å²) in [5, 5.41) is 3.64. The van der Waals surface area contributed by atoms with Gasteiger partial charge in [-0.25, -0.2) is 4.98 Å². The van der Waals surface area contributed by atoms with Crippen molar-refractivity contribution in [3.8, 4) is 5.88 Å². The van der Waals surface area contributed by atoms with E-state index in [4.69, 9.17) is 4.74 Å². The summed E-state index contributed by atoms with van der Waals surface area (Å²) in [7, 11) is 1.66. The Morgan fingerprint density at radius 1 is 1.47 bits per heavy atom. The summed E-state index contributed by atoms with van der Waals surface area (Å²) < 4.78 is 5.57. The van der Waals surface area contributed by atoms with Gasteiger partial charge >= 0.3 is 0 Å². The molecule has 0 amide bonds. The number of rotatable bonds is 6. The van der Waals surface area contributed by atoms with Crippen molar-refractivity contribution < 1.29 is 4.74 Å². The molecule has 0 aromatic carbocycles. The fourth-order valence-corrected chi connectivity index (χ4v) is 4.02. The van der Waals surface area contributed by atoms with Crippen LogP contribution in [-0.2, 0) is 0 Å². The minimum Gasteiger partial charge on any atom is -0.480 e. The van der Waals surface area contributed by atoms with Gasteiger partial charge in [0.1, 0.15) is 5.69 Å². The number of hydrogen-bond donors (Lipinski definition) is 1. The van der Waals surface area contributed by atoms with E-state index in [2.05, 4.69) is 29.1 Å². The molecule has 2 atom stereocenters. The zero-order chi connectivity index (χ0) is 13.7. The second-order valence-corrected chi connectivity index (χ2v) is 6.73. The Kier molecular flexibility index (Phi) is 5.05. The van der Waals surface area contributed by atoms with Gasteiger partial charge in [-0.1, -0.05) is 6.92 Å². The van der Waals surface area contributed by atoms with E-state index in [1.807, 2.05) is 11.8 Å². The third kappa shape index (κ3) is 3.20. The standard InChI is InChI=1S/C14H23N3OS/c1-4-7-16-12(14(2)6-5-10-19-14)11-13(18-3)17-9-8-15-11/h8-9,12,16H,4-7,10H2,1-3H3. The lowest BCUT2D eigenvalue weighted by Crippen LogP contribution is -2.39. The van der Waals surface area contributed by atoms with Crippen LogP contribution >= 0.6 is 11.8 Å². The maximum atomic E-state index is 5.39. The first-order chi connectivity index (χ1) is 9.21. The van der Waals surface area contributed by atoms with Gasteiger partial charge in [0.25, 0.3) is 0 Å². The van der Waals surface area contributed by atoms with Crippen molar-refractivity contribution in [2.24, 2.45) is 0 Å². The summed E-state index contributed by atoms with van der Waals surface area (Å²) in [5.74, 6) is 1.87. The van der Waals surface area contributed by atoms with Gasteiger partial charge in [0.15, 0.2) is 0 Å². The van der Waals surface area contributed by atoms with Crippen molar-refractivity contribution in [3.63, 3.8) is 0 Å². The van der Waals surface area contributed by atoms with Crippen LogP contribution in [0.15, 0.2) is 12.4 Å². The molecule has 0 spiro atoms. The number of nitrogens with one attached hydrogen (secondary N) is 1. The third-order valence-corrected chi connectivity index (χ3v) is 5.21. The second kappa shape index (κ2) is 6.57. The first-order valence-electron chi connectivity index (χ1n) is 6.93. The topological polar surface area (TPSA) is 47.0 Å². The van der Waals surface area contributed by atoms with E-state index in [1.54, 1.807) is 19.5 Å². The molecule has 0 saturated carbocycles.